The molecule has 0 aliphatic heterocycles. The van der Waals surface area contributed by atoms with Crippen LogP contribution in [0.4, 0.5) is 0 Å². The van der Waals surface area contributed by atoms with Crippen molar-refractivity contribution in [1.29, 1.82) is 0 Å². The van der Waals surface area contributed by atoms with Gasteiger partial charge in [0, 0.05) is 19.3 Å². The SMILES string of the molecule is CCCn1cc(S(=O)(=O)N(CC)CC(N)=NO)nc1C. The molecule has 0 fully saturated rings. The molecule has 0 saturated carbocycles. The smallest absolute Gasteiger partial charge is 0.262 e. The molecule has 9 heteroatoms. The number of sulfonamides is 1. The van der Waals surface area contributed by atoms with Crippen LogP contribution < -0.4 is 5.73 Å². The van der Waals surface area contributed by atoms with Gasteiger partial charge in [-0.1, -0.05) is 19.0 Å². The van der Waals surface area contributed by atoms with E-state index in [1.165, 1.54) is 6.20 Å². The zero-order chi connectivity index (χ0) is 15.3. The lowest BCUT2D eigenvalue weighted by molar-refractivity contribution is 0.315. The second-order valence-corrected chi connectivity index (χ2v) is 6.23. The molecule has 20 heavy (non-hydrogen) atoms. The molecule has 0 aliphatic rings. The first kappa shape index (κ1) is 16.4. The van der Waals surface area contributed by atoms with Crippen molar-refractivity contribution in [2.75, 3.05) is 13.1 Å². The molecule has 1 rings (SSSR count). The van der Waals surface area contributed by atoms with Gasteiger partial charge in [0.2, 0.25) is 0 Å². The number of rotatable bonds is 7. The van der Waals surface area contributed by atoms with Crippen LogP contribution in [-0.2, 0) is 16.6 Å². The molecule has 0 unspecified atom stereocenters. The Labute approximate surface area is 118 Å². The van der Waals surface area contributed by atoms with Gasteiger partial charge in [0.25, 0.3) is 10.0 Å². The van der Waals surface area contributed by atoms with Crippen LogP contribution in [0.1, 0.15) is 26.1 Å². The number of aryl methyl sites for hydroxylation is 2. The minimum Gasteiger partial charge on any atom is -0.409 e. The summed E-state index contributed by atoms with van der Waals surface area (Å²) in [5.41, 5.74) is 5.38. The number of nitrogens with zero attached hydrogens (tertiary/aromatic N) is 4. The molecule has 1 aromatic heterocycles. The first-order chi connectivity index (χ1) is 9.36. The number of nitrogens with two attached hydrogens (primary N) is 1. The third kappa shape index (κ3) is 3.48. The summed E-state index contributed by atoms with van der Waals surface area (Å²) in [4.78, 5) is 4.09. The Bertz CT molecular complexity index is 579. The zero-order valence-corrected chi connectivity index (χ0v) is 12.8. The summed E-state index contributed by atoms with van der Waals surface area (Å²) in [6, 6.07) is 0. The highest BCUT2D eigenvalue weighted by molar-refractivity contribution is 7.89. The van der Waals surface area contributed by atoms with E-state index in [9.17, 15) is 8.42 Å². The maximum Gasteiger partial charge on any atom is 0.262 e. The Hall–Kier alpha value is -1.61. The topological polar surface area (TPSA) is 114 Å². The fourth-order valence-electron chi connectivity index (χ4n) is 1.78. The van der Waals surface area contributed by atoms with Crippen LogP contribution in [0, 0.1) is 6.92 Å². The van der Waals surface area contributed by atoms with E-state index in [0.717, 1.165) is 10.7 Å². The predicted molar refractivity (Wildman–Crippen MR) is 75.1 cm³/mol. The second kappa shape index (κ2) is 6.71. The number of oxime groups is 1. The average molecular weight is 303 g/mol. The van der Waals surface area contributed by atoms with E-state index in [-0.39, 0.29) is 24.0 Å². The summed E-state index contributed by atoms with van der Waals surface area (Å²) in [5.74, 6) is 0.477. The number of imidazole rings is 1. The van der Waals surface area contributed by atoms with Crippen LogP contribution in [0.15, 0.2) is 16.4 Å². The van der Waals surface area contributed by atoms with Gasteiger partial charge < -0.3 is 15.5 Å². The summed E-state index contributed by atoms with van der Waals surface area (Å²) in [5, 5.41) is 11.3. The van der Waals surface area contributed by atoms with Gasteiger partial charge in [-0.15, -0.1) is 0 Å². The van der Waals surface area contributed by atoms with Crippen molar-refractivity contribution in [3.63, 3.8) is 0 Å². The molecule has 0 aromatic carbocycles. The third-order valence-electron chi connectivity index (χ3n) is 2.84. The van der Waals surface area contributed by atoms with Gasteiger partial charge in [0.05, 0.1) is 6.54 Å². The van der Waals surface area contributed by atoms with Crippen LogP contribution in [0.25, 0.3) is 0 Å². The number of hydrogen-bond acceptors (Lipinski definition) is 5. The first-order valence-corrected chi connectivity index (χ1v) is 7.81. The summed E-state index contributed by atoms with van der Waals surface area (Å²) in [7, 11) is -3.75. The molecule has 8 nitrogen and oxygen atoms in total. The Morgan fingerprint density at radius 3 is 2.70 bits per heavy atom. The van der Waals surface area contributed by atoms with Crippen molar-refractivity contribution in [2.24, 2.45) is 10.9 Å². The van der Waals surface area contributed by atoms with Crippen LogP contribution in [0.3, 0.4) is 0 Å². The quantitative estimate of drug-likeness (QED) is 0.327. The van der Waals surface area contributed by atoms with Gasteiger partial charge in [-0.2, -0.15) is 4.31 Å². The Balaban J connectivity index is 3.10. The first-order valence-electron chi connectivity index (χ1n) is 6.37. The van der Waals surface area contributed by atoms with Crippen molar-refractivity contribution in [1.82, 2.24) is 13.9 Å². The van der Waals surface area contributed by atoms with Crippen molar-refractivity contribution in [3.8, 4) is 0 Å². The van der Waals surface area contributed by atoms with E-state index in [2.05, 4.69) is 10.1 Å². The molecule has 0 spiro atoms. The molecule has 0 saturated heterocycles. The zero-order valence-electron chi connectivity index (χ0n) is 11.9. The fourth-order valence-corrected chi connectivity index (χ4v) is 3.20. The van der Waals surface area contributed by atoms with Crippen LogP contribution >= 0.6 is 0 Å². The number of aromatic nitrogens is 2. The molecule has 114 valence electrons. The number of amidine groups is 1. The number of hydrogen-bond donors (Lipinski definition) is 2. The minimum absolute atomic E-state index is 0.0176. The molecule has 0 radical (unpaired) electrons. The summed E-state index contributed by atoms with van der Waals surface area (Å²) in [6.45, 7) is 6.19. The molecule has 0 aliphatic carbocycles. The van der Waals surface area contributed by atoms with Gasteiger partial charge in [0.15, 0.2) is 10.9 Å². The molecule has 0 atom stereocenters. The van der Waals surface area contributed by atoms with Gasteiger partial charge in [0.1, 0.15) is 5.82 Å². The fraction of sp³-hybridized carbons (Fsp3) is 0.636. The summed E-state index contributed by atoms with van der Waals surface area (Å²) < 4.78 is 27.8. The lowest BCUT2D eigenvalue weighted by Crippen LogP contribution is -2.38. The summed E-state index contributed by atoms with van der Waals surface area (Å²) in [6.07, 6.45) is 2.40. The van der Waals surface area contributed by atoms with Crippen LogP contribution in [0.2, 0.25) is 0 Å². The molecule has 1 heterocycles. The molecular formula is C11H21N5O3S. The van der Waals surface area contributed by atoms with Gasteiger partial charge in [-0.3, -0.25) is 0 Å². The monoisotopic (exact) mass is 303 g/mol. The molecular weight excluding hydrogens is 282 g/mol. The minimum atomic E-state index is -3.75. The second-order valence-electron chi connectivity index (χ2n) is 4.34. The average Bonchev–Trinajstić information content (AvgIpc) is 2.78. The predicted octanol–water partition coefficient (Wildman–Crippen LogP) is 0.359. The summed E-state index contributed by atoms with van der Waals surface area (Å²) >= 11 is 0. The van der Waals surface area contributed by atoms with E-state index in [4.69, 9.17) is 10.9 Å². The van der Waals surface area contributed by atoms with Crippen LogP contribution in [-0.4, -0.2) is 46.4 Å². The van der Waals surface area contributed by atoms with Gasteiger partial charge in [-0.25, -0.2) is 13.4 Å². The lowest BCUT2D eigenvalue weighted by atomic mass is 10.5. The highest BCUT2D eigenvalue weighted by Crippen LogP contribution is 2.15. The Morgan fingerprint density at radius 1 is 1.55 bits per heavy atom. The van der Waals surface area contributed by atoms with E-state index in [1.54, 1.807) is 18.4 Å². The molecule has 1 aromatic rings. The maximum absolute atomic E-state index is 12.4. The van der Waals surface area contributed by atoms with E-state index >= 15 is 0 Å². The highest BCUT2D eigenvalue weighted by atomic mass is 32.2. The van der Waals surface area contributed by atoms with Crippen molar-refractivity contribution in [2.45, 2.75) is 38.8 Å². The van der Waals surface area contributed by atoms with Gasteiger partial charge in [-0.05, 0) is 13.3 Å². The van der Waals surface area contributed by atoms with E-state index < -0.39 is 10.0 Å². The Kier molecular flexibility index (Phi) is 5.52. The third-order valence-corrected chi connectivity index (χ3v) is 4.63. The molecule has 0 amide bonds. The maximum atomic E-state index is 12.4. The lowest BCUT2D eigenvalue weighted by Gasteiger charge is -2.17. The van der Waals surface area contributed by atoms with Crippen molar-refractivity contribution < 1.29 is 13.6 Å². The number of likely N-dealkylation sites (N-methyl/N-ethyl adjacent to an activating group) is 1. The van der Waals surface area contributed by atoms with Gasteiger partial charge >= 0.3 is 0 Å². The Morgan fingerprint density at radius 2 is 2.20 bits per heavy atom. The van der Waals surface area contributed by atoms with E-state index in [1.807, 2.05) is 6.92 Å². The van der Waals surface area contributed by atoms with Crippen LogP contribution in [0.5, 0.6) is 0 Å². The highest BCUT2D eigenvalue weighted by Gasteiger charge is 2.27. The largest absolute Gasteiger partial charge is 0.409 e. The standard InChI is InChI=1S/C11H21N5O3S/c1-4-6-15-8-11(13-9(15)3)20(18,19)16(5-2)7-10(12)14-17/h8,17H,4-7H2,1-3H3,(H2,12,14). The molecule has 3 N–H and O–H groups in total. The van der Waals surface area contributed by atoms with Crippen molar-refractivity contribution >= 4 is 15.9 Å². The van der Waals surface area contributed by atoms with Crippen molar-refractivity contribution in [3.05, 3.63) is 12.0 Å². The molecule has 0 bridgehead atoms. The van der Waals surface area contributed by atoms with E-state index in [0.29, 0.717) is 12.4 Å². The normalized spacial score (nSPS) is 13.1.